The maximum absolute atomic E-state index is 6.11. The first-order chi connectivity index (χ1) is 11.7. The molecule has 2 N–H and O–H groups in total. The number of hydrogen-bond donors (Lipinski definition) is 1. The number of nitrogen functional groups attached to an aromatic ring is 1. The smallest absolute Gasteiger partial charge is 0.131 e. The minimum Gasteiger partial charge on any atom is -0.398 e. The maximum atomic E-state index is 6.11. The molecule has 1 aliphatic heterocycles. The molecule has 3 aromatic rings. The first kappa shape index (κ1) is 15.0. The molecule has 1 unspecified atom stereocenters. The van der Waals surface area contributed by atoms with Crippen molar-refractivity contribution in [3.63, 3.8) is 0 Å². The summed E-state index contributed by atoms with van der Waals surface area (Å²) in [4.78, 5) is 6.54. The van der Waals surface area contributed by atoms with E-state index in [1.807, 2.05) is 0 Å². The van der Waals surface area contributed by atoms with Crippen LogP contribution in [0.5, 0.6) is 0 Å². The molecule has 1 aliphatic rings. The highest BCUT2D eigenvalue weighted by Gasteiger charge is 2.29. The predicted molar refractivity (Wildman–Crippen MR) is 99.4 cm³/mol. The quantitative estimate of drug-likeness (QED) is 0.718. The Hall–Kier alpha value is -2.52. The Kier molecular flexibility index (Phi) is 3.87. The van der Waals surface area contributed by atoms with Gasteiger partial charge in [-0.25, -0.2) is 4.98 Å². The molecule has 0 aliphatic carbocycles. The average molecular weight is 336 g/mol. The molecule has 0 spiro atoms. The fraction of sp³-hybridized carbons (Fsp3) is 0.150. The Morgan fingerprint density at radius 3 is 2.62 bits per heavy atom. The van der Waals surface area contributed by atoms with Gasteiger partial charge in [-0.3, -0.25) is 0 Å². The van der Waals surface area contributed by atoms with Crippen LogP contribution in [0.2, 0.25) is 5.15 Å². The summed E-state index contributed by atoms with van der Waals surface area (Å²) in [6.45, 7) is 1.67. The molecule has 4 rings (SSSR count). The van der Waals surface area contributed by atoms with E-state index in [-0.39, 0.29) is 0 Å². The number of anilines is 2. The number of aromatic nitrogens is 1. The predicted octanol–water partition coefficient (Wildman–Crippen LogP) is 4.47. The van der Waals surface area contributed by atoms with Gasteiger partial charge in [0.1, 0.15) is 5.15 Å². The van der Waals surface area contributed by atoms with Gasteiger partial charge >= 0.3 is 0 Å². The summed E-state index contributed by atoms with van der Waals surface area (Å²) in [6, 6.07) is 21.0. The number of halogens is 1. The van der Waals surface area contributed by atoms with E-state index in [1.54, 1.807) is 12.3 Å². The minimum atomic E-state index is 0.379. The second-order valence-electron chi connectivity index (χ2n) is 6.11. The third-order valence-electron chi connectivity index (χ3n) is 4.61. The van der Waals surface area contributed by atoms with Crippen molar-refractivity contribution in [3.05, 3.63) is 88.7 Å². The van der Waals surface area contributed by atoms with E-state index >= 15 is 0 Å². The lowest BCUT2D eigenvalue weighted by atomic mass is 9.93. The molecule has 0 saturated carbocycles. The van der Waals surface area contributed by atoms with Gasteiger partial charge in [-0.05, 0) is 23.3 Å². The largest absolute Gasteiger partial charge is 0.398 e. The average Bonchev–Trinajstić information content (AvgIpc) is 2.97. The zero-order valence-electron chi connectivity index (χ0n) is 13.2. The summed E-state index contributed by atoms with van der Waals surface area (Å²) in [7, 11) is 0. The third-order valence-corrected chi connectivity index (χ3v) is 4.81. The van der Waals surface area contributed by atoms with Crippen molar-refractivity contribution in [2.24, 2.45) is 0 Å². The molecule has 3 nitrogen and oxygen atoms in total. The molecule has 2 heterocycles. The van der Waals surface area contributed by atoms with E-state index in [1.165, 1.54) is 16.8 Å². The first-order valence-electron chi connectivity index (χ1n) is 8.01. The lowest BCUT2D eigenvalue weighted by molar-refractivity contribution is 0.773. The number of nitrogens with zero attached hydrogens (tertiary/aromatic N) is 2. The van der Waals surface area contributed by atoms with Crippen LogP contribution in [0.4, 0.5) is 11.4 Å². The summed E-state index contributed by atoms with van der Waals surface area (Å²) in [5.74, 6) is 0.379. The Balaban J connectivity index is 1.68. The highest BCUT2D eigenvalue weighted by molar-refractivity contribution is 6.29. The van der Waals surface area contributed by atoms with E-state index in [0.717, 1.165) is 18.7 Å². The SMILES string of the molecule is Nc1cc(Cl)ncc1CN1CC(c2ccccc2)c2ccccc21. The number of fused-ring (bicyclic) bond motifs is 1. The van der Waals surface area contributed by atoms with Crippen LogP contribution in [-0.2, 0) is 6.54 Å². The normalized spacial score (nSPS) is 16.2. The second kappa shape index (κ2) is 6.17. The van der Waals surface area contributed by atoms with Crippen molar-refractivity contribution in [3.8, 4) is 0 Å². The summed E-state index contributed by atoms with van der Waals surface area (Å²) in [6.07, 6.45) is 1.77. The van der Waals surface area contributed by atoms with Crippen LogP contribution in [0, 0.1) is 0 Å². The lowest BCUT2D eigenvalue weighted by Gasteiger charge is -2.21. The van der Waals surface area contributed by atoms with E-state index < -0.39 is 0 Å². The van der Waals surface area contributed by atoms with Crippen LogP contribution < -0.4 is 10.6 Å². The number of para-hydroxylation sites is 1. The van der Waals surface area contributed by atoms with Crippen LogP contribution in [-0.4, -0.2) is 11.5 Å². The number of pyridine rings is 1. The van der Waals surface area contributed by atoms with Gasteiger partial charge in [0.25, 0.3) is 0 Å². The van der Waals surface area contributed by atoms with Crippen LogP contribution in [0.1, 0.15) is 22.6 Å². The van der Waals surface area contributed by atoms with Crippen molar-refractivity contribution < 1.29 is 0 Å². The van der Waals surface area contributed by atoms with Gasteiger partial charge in [0.05, 0.1) is 0 Å². The molecule has 1 aromatic heterocycles. The molecule has 24 heavy (non-hydrogen) atoms. The highest BCUT2D eigenvalue weighted by Crippen LogP contribution is 2.40. The Morgan fingerprint density at radius 1 is 1.08 bits per heavy atom. The highest BCUT2D eigenvalue weighted by atomic mass is 35.5. The molecular weight excluding hydrogens is 318 g/mol. The van der Waals surface area contributed by atoms with E-state index in [4.69, 9.17) is 17.3 Å². The molecular formula is C20H18ClN3. The number of hydrogen-bond acceptors (Lipinski definition) is 3. The van der Waals surface area contributed by atoms with Crippen molar-refractivity contribution in [2.75, 3.05) is 17.2 Å². The van der Waals surface area contributed by atoms with Crippen LogP contribution in [0.3, 0.4) is 0 Å². The van der Waals surface area contributed by atoms with Crippen molar-refractivity contribution >= 4 is 23.0 Å². The Labute approximate surface area is 146 Å². The zero-order valence-corrected chi connectivity index (χ0v) is 13.9. The van der Waals surface area contributed by atoms with Gasteiger partial charge < -0.3 is 10.6 Å². The van der Waals surface area contributed by atoms with E-state index in [9.17, 15) is 0 Å². The van der Waals surface area contributed by atoms with E-state index in [2.05, 4.69) is 64.5 Å². The molecule has 0 fully saturated rings. The fourth-order valence-corrected chi connectivity index (χ4v) is 3.58. The maximum Gasteiger partial charge on any atom is 0.131 e. The molecule has 1 atom stereocenters. The van der Waals surface area contributed by atoms with Crippen molar-refractivity contribution in [2.45, 2.75) is 12.5 Å². The third kappa shape index (κ3) is 2.72. The molecule has 0 bridgehead atoms. The van der Waals surface area contributed by atoms with Crippen LogP contribution in [0.15, 0.2) is 66.9 Å². The standard InChI is InChI=1S/C20H18ClN3/c21-20-10-18(22)15(11-23-20)12-24-13-17(14-6-2-1-3-7-14)16-8-4-5-9-19(16)24/h1-11,17H,12-13H2,(H2,22,23). The molecule has 120 valence electrons. The summed E-state index contributed by atoms with van der Waals surface area (Å²) >= 11 is 5.91. The molecule has 0 radical (unpaired) electrons. The fourth-order valence-electron chi connectivity index (χ4n) is 3.42. The summed E-state index contributed by atoms with van der Waals surface area (Å²) in [5.41, 5.74) is 11.8. The van der Waals surface area contributed by atoms with Gasteiger partial charge in [0.2, 0.25) is 0 Å². The van der Waals surface area contributed by atoms with Gasteiger partial charge in [-0.1, -0.05) is 60.1 Å². The van der Waals surface area contributed by atoms with E-state index in [0.29, 0.717) is 16.8 Å². The first-order valence-corrected chi connectivity index (χ1v) is 8.39. The van der Waals surface area contributed by atoms with Crippen LogP contribution >= 0.6 is 11.6 Å². The van der Waals surface area contributed by atoms with Gasteiger partial charge in [-0.2, -0.15) is 0 Å². The number of rotatable bonds is 3. The van der Waals surface area contributed by atoms with Crippen molar-refractivity contribution in [1.82, 2.24) is 4.98 Å². The number of benzene rings is 2. The minimum absolute atomic E-state index is 0.379. The molecule has 0 amide bonds. The number of nitrogens with two attached hydrogens (primary N) is 1. The summed E-state index contributed by atoms with van der Waals surface area (Å²) < 4.78 is 0. The Morgan fingerprint density at radius 2 is 1.83 bits per heavy atom. The van der Waals surface area contributed by atoms with Gasteiger partial charge in [0, 0.05) is 42.1 Å². The monoisotopic (exact) mass is 335 g/mol. The molecule has 4 heteroatoms. The second-order valence-corrected chi connectivity index (χ2v) is 6.50. The lowest BCUT2D eigenvalue weighted by Crippen LogP contribution is -2.22. The van der Waals surface area contributed by atoms with Gasteiger partial charge in [0.15, 0.2) is 0 Å². The zero-order chi connectivity index (χ0) is 16.5. The summed E-state index contributed by atoms with van der Waals surface area (Å²) in [5, 5.41) is 0.431. The molecule has 2 aromatic carbocycles. The topological polar surface area (TPSA) is 42.1 Å². The Bertz CT molecular complexity index is 864. The van der Waals surface area contributed by atoms with Gasteiger partial charge in [-0.15, -0.1) is 0 Å². The van der Waals surface area contributed by atoms with Crippen LogP contribution in [0.25, 0.3) is 0 Å². The van der Waals surface area contributed by atoms with Crippen molar-refractivity contribution in [1.29, 1.82) is 0 Å². The molecule has 0 saturated heterocycles.